The Hall–Kier alpha value is -7.75. The van der Waals surface area contributed by atoms with E-state index < -0.39 is 0 Å². The molecule has 0 aliphatic rings. The van der Waals surface area contributed by atoms with Crippen LogP contribution in [0.3, 0.4) is 0 Å². The lowest BCUT2D eigenvalue weighted by Crippen LogP contribution is -2.00. The molecule has 0 bridgehead atoms. The van der Waals surface area contributed by atoms with Crippen molar-refractivity contribution >= 4 is 10.8 Å². The van der Waals surface area contributed by atoms with Crippen LogP contribution < -0.4 is 0 Å². The molecule has 58 heavy (non-hydrogen) atoms. The molecule has 3 nitrogen and oxygen atoms in total. The van der Waals surface area contributed by atoms with Gasteiger partial charge in [-0.3, -0.25) is 0 Å². The third-order valence-electron chi connectivity index (χ3n) is 10.7. The highest BCUT2D eigenvalue weighted by atomic mass is 15.0. The zero-order valence-corrected chi connectivity index (χ0v) is 31.7. The van der Waals surface area contributed by atoms with Crippen LogP contribution in [0.25, 0.3) is 101 Å². The van der Waals surface area contributed by atoms with Gasteiger partial charge in [-0.1, -0.05) is 194 Å². The molecule has 0 fully saturated rings. The van der Waals surface area contributed by atoms with Crippen LogP contribution in [0.1, 0.15) is 0 Å². The van der Waals surface area contributed by atoms with Crippen LogP contribution in [0.2, 0.25) is 0 Å². The van der Waals surface area contributed by atoms with E-state index in [-0.39, 0.29) is 0 Å². The van der Waals surface area contributed by atoms with Gasteiger partial charge in [0.25, 0.3) is 0 Å². The summed E-state index contributed by atoms with van der Waals surface area (Å²) in [7, 11) is 0. The Kier molecular flexibility index (Phi) is 9.23. The number of benzene rings is 9. The average molecular weight is 740 g/mol. The summed E-state index contributed by atoms with van der Waals surface area (Å²) in [6, 6.07) is 79.2. The van der Waals surface area contributed by atoms with E-state index in [0.29, 0.717) is 17.5 Å². The predicted octanol–water partition coefficient (Wildman–Crippen LogP) is 14.4. The SMILES string of the molecule is c1ccc(-c2cccc(-c3cc(-c4ccc(-c5cccc6ccccc56)cc4)cc(-c4cccc(-c5nc(-c6ccccc6)nc(-c6ccccc6)n5)c4)c3)c2)cc1. The summed E-state index contributed by atoms with van der Waals surface area (Å²) in [4.78, 5) is 15.0. The third-order valence-corrected chi connectivity index (χ3v) is 10.7. The van der Waals surface area contributed by atoms with Crippen LogP contribution >= 0.6 is 0 Å². The number of nitrogens with zero attached hydrogens (tertiary/aromatic N) is 3. The first-order valence-electron chi connectivity index (χ1n) is 19.6. The highest BCUT2D eigenvalue weighted by molar-refractivity contribution is 5.97. The molecule has 0 saturated carbocycles. The summed E-state index contributed by atoms with van der Waals surface area (Å²) in [6.07, 6.45) is 0. The maximum atomic E-state index is 5.03. The smallest absolute Gasteiger partial charge is 0.164 e. The zero-order valence-electron chi connectivity index (χ0n) is 31.7. The van der Waals surface area contributed by atoms with Crippen LogP contribution in [0.5, 0.6) is 0 Å². The van der Waals surface area contributed by atoms with Crippen LogP contribution in [-0.4, -0.2) is 15.0 Å². The Morgan fingerprint density at radius 3 is 1.14 bits per heavy atom. The molecule has 0 amide bonds. The van der Waals surface area contributed by atoms with Crippen molar-refractivity contribution in [1.29, 1.82) is 0 Å². The van der Waals surface area contributed by atoms with Gasteiger partial charge in [0.2, 0.25) is 0 Å². The minimum atomic E-state index is 0.630. The standard InChI is InChI=1S/C55H37N3/c1-4-15-38(16-5-1)44-23-12-24-45(33-44)49-35-48(39-29-31-41(32-30-39)52-28-14-22-40-17-10-11-27-51(40)52)36-50(37-49)46-25-13-26-47(34-46)55-57-53(42-18-6-2-7-19-42)56-54(58-55)43-20-8-3-9-21-43/h1-37H. The van der Waals surface area contributed by atoms with E-state index in [1.54, 1.807) is 0 Å². The van der Waals surface area contributed by atoms with Crippen molar-refractivity contribution in [2.75, 3.05) is 0 Å². The highest BCUT2D eigenvalue weighted by Crippen LogP contribution is 2.37. The third kappa shape index (κ3) is 7.09. The first-order chi connectivity index (χ1) is 28.7. The number of hydrogen-bond donors (Lipinski definition) is 0. The Labute approximate surface area is 338 Å². The van der Waals surface area contributed by atoms with Gasteiger partial charge in [0.05, 0.1) is 0 Å². The van der Waals surface area contributed by atoms with Crippen molar-refractivity contribution in [2.24, 2.45) is 0 Å². The Balaban J connectivity index is 1.09. The minimum Gasteiger partial charge on any atom is -0.208 e. The molecule has 0 spiro atoms. The summed E-state index contributed by atoms with van der Waals surface area (Å²) in [5.74, 6) is 1.92. The second kappa shape index (κ2) is 15.4. The van der Waals surface area contributed by atoms with Gasteiger partial charge in [0, 0.05) is 16.7 Å². The summed E-state index contributed by atoms with van der Waals surface area (Å²) < 4.78 is 0. The molecule has 10 rings (SSSR count). The summed E-state index contributed by atoms with van der Waals surface area (Å²) >= 11 is 0. The van der Waals surface area contributed by atoms with Gasteiger partial charge in [-0.25, -0.2) is 15.0 Å². The normalized spacial score (nSPS) is 11.1. The second-order valence-electron chi connectivity index (χ2n) is 14.5. The van der Waals surface area contributed by atoms with Crippen LogP contribution in [0, 0.1) is 0 Å². The molecule has 0 aliphatic carbocycles. The van der Waals surface area contributed by atoms with E-state index >= 15 is 0 Å². The molecular formula is C55H37N3. The highest BCUT2D eigenvalue weighted by Gasteiger charge is 2.15. The van der Waals surface area contributed by atoms with Gasteiger partial charge >= 0.3 is 0 Å². The topological polar surface area (TPSA) is 38.7 Å². The fraction of sp³-hybridized carbons (Fsp3) is 0. The van der Waals surface area contributed by atoms with E-state index in [2.05, 4.69) is 164 Å². The van der Waals surface area contributed by atoms with Crippen molar-refractivity contribution < 1.29 is 0 Å². The Morgan fingerprint density at radius 2 is 0.552 bits per heavy atom. The first-order valence-corrected chi connectivity index (χ1v) is 19.6. The van der Waals surface area contributed by atoms with Crippen LogP contribution in [0.15, 0.2) is 224 Å². The van der Waals surface area contributed by atoms with Gasteiger partial charge in [-0.2, -0.15) is 0 Å². The van der Waals surface area contributed by atoms with Crippen LogP contribution in [0.4, 0.5) is 0 Å². The summed E-state index contributed by atoms with van der Waals surface area (Å²) in [6.45, 7) is 0. The molecule has 3 heteroatoms. The number of aromatic nitrogens is 3. The summed E-state index contributed by atoms with van der Waals surface area (Å²) in [5, 5.41) is 2.50. The van der Waals surface area contributed by atoms with Crippen molar-refractivity contribution in [3.05, 3.63) is 224 Å². The number of hydrogen-bond acceptors (Lipinski definition) is 3. The van der Waals surface area contributed by atoms with Gasteiger partial charge in [-0.15, -0.1) is 0 Å². The Morgan fingerprint density at radius 1 is 0.207 bits per heavy atom. The summed E-state index contributed by atoms with van der Waals surface area (Å²) in [5.41, 5.74) is 14.4. The van der Waals surface area contributed by atoms with Gasteiger partial charge < -0.3 is 0 Å². The van der Waals surface area contributed by atoms with E-state index in [0.717, 1.165) is 50.1 Å². The average Bonchev–Trinajstić information content (AvgIpc) is 3.32. The van der Waals surface area contributed by atoms with Crippen molar-refractivity contribution in [3.63, 3.8) is 0 Å². The Bertz CT molecular complexity index is 2970. The lowest BCUT2D eigenvalue weighted by Gasteiger charge is -2.14. The van der Waals surface area contributed by atoms with E-state index in [9.17, 15) is 0 Å². The maximum absolute atomic E-state index is 5.03. The fourth-order valence-electron chi connectivity index (χ4n) is 7.73. The lowest BCUT2D eigenvalue weighted by molar-refractivity contribution is 1.07. The molecule has 9 aromatic carbocycles. The van der Waals surface area contributed by atoms with E-state index in [1.807, 2.05) is 60.7 Å². The lowest BCUT2D eigenvalue weighted by atomic mass is 9.91. The van der Waals surface area contributed by atoms with Gasteiger partial charge in [-0.05, 0) is 96.7 Å². The van der Waals surface area contributed by atoms with Crippen molar-refractivity contribution in [2.45, 2.75) is 0 Å². The maximum Gasteiger partial charge on any atom is 0.164 e. The van der Waals surface area contributed by atoms with Crippen LogP contribution in [-0.2, 0) is 0 Å². The monoisotopic (exact) mass is 739 g/mol. The van der Waals surface area contributed by atoms with Gasteiger partial charge in [0.1, 0.15) is 0 Å². The molecule has 0 saturated heterocycles. The zero-order chi connectivity index (χ0) is 38.7. The molecule has 1 heterocycles. The number of fused-ring (bicyclic) bond motifs is 1. The quantitative estimate of drug-likeness (QED) is 0.156. The molecule has 0 atom stereocenters. The molecular weight excluding hydrogens is 703 g/mol. The molecule has 10 aromatic rings. The number of rotatable bonds is 8. The van der Waals surface area contributed by atoms with Crippen molar-refractivity contribution in [1.82, 2.24) is 15.0 Å². The van der Waals surface area contributed by atoms with Crippen molar-refractivity contribution in [3.8, 4) is 89.8 Å². The largest absolute Gasteiger partial charge is 0.208 e. The molecule has 1 aromatic heterocycles. The van der Waals surface area contributed by atoms with Gasteiger partial charge in [0.15, 0.2) is 17.5 Å². The van der Waals surface area contributed by atoms with E-state index in [1.165, 1.54) is 33.0 Å². The molecule has 272 valence electrons. The molecule has 0 radical (unpaired) electrons. The molecule has 0 N–H and O–H groups in total. The van der Waals surface area contributed by atoms with E-state index in [4.69, 9.17) is 15.0 Å². The molecule has 0 unspecified atom stereocenters. The first kappa shape index (κ1) is 34.7. The second-order valence-corrected chi connectivity index (χ2v) is 14.5. The fourth-order valence-corrected chi connectivity index (χ4v) is 7.73. The minimum absolute atomic E-state index is 0.630. The predicted molar refractivity (Wildman–Crippen MR) is 241 cm³/mol. The molecule has 0 aliphatic heterocycles.